The fourth-order valence-electron chi connectivity index (χ4n) is 8.50. The number of anilines is 2. The van der Waals surface area contributed by atoms with Crippen molar-refractivity contribution in [3.8, 4) is 27.3 Å². The average molecular weight is 916 g/mol. The number of carbonyl (C=O) groups excluding carboxylic acids is 3. The van der Waals surface area contributed by atoms with Crippen molar-refractivity contribution < 1.29 is 28.8 Å². The van der Waals surface area contributed by atoms with E-state index >= 15 is 0 Å². The van der Waals surface area contributed by atoms with Gasteiger partial charge >= 0.3 is 0 Å². The van der Waals surface area contributed by atoms with E-state index < -0.39 is 35.4 Å². The van der Waals surface area contributed by atoms with Gasteiger partial charge in [-0.2, -0.15) is 5.10 Å². The minimum atomic E-state index is -0.954. The molecule has 0 spiro atoms. The number of nitrogens with one attached hydrogen (secondary N) is 2. The van der Waals surface area contributed by atoms with Gasteiger partial charge in [0.15, 0.2) is 0 Å². The zero-order valence-corrected chi connectivity index (χ0v) is 39.9. The summed E-state index contributed by atoms with van der Waals surface area (Å²) in [5, 5.41) is 25.1. The van der Waals surface area contributed by atoms with Gasteiger partial charge in [-0.15, -0.1) is 11.3 Å². The summed E-state index contributed by atoms with van der Waals surface area (Å²) in [6.45, 7) is 16.3. The van der Waals surface area contributed by atoms with Crippen molar-refractivity contribution in [1.82, 2.24) is 40.4 Å². The number of amides is 3. The van der Waals surface area contributed by atoms with Crippen LogP contribution >= 0.6 is 11.3 Å². The molecular weight excluding hydrogens is 855 g/mol. The molecule has 348 valence electrons. The van der Waals surface area contributed by atoms with E-state index in [4.69, 9.17) is 9.26 Å². The molecule has 3 aromatic carbocycles. The largest absolute Gasteiger partial charge is 0.391 e. The van der Waals surface area contributed by atoms with Crippen LogP contribution in [0.3, 0.4) is 0 Å². The molecule has 0 bridgehead atoms. The summed E-state index contributed by atoms with van der Waals surface area (Å²) >= 11 is 1.58. The maximum Gasteiger partial charge on any atom is 0.246 e. The Morgan fingerprint density at radius 2 is 1.70 bits per heavy atom. The molecule has 0 radical (unpaired) electrons. The monoisotopic (exact) mass is 915 g/mol. The van der Waals surface area contributed by atoms with E-state index in [0.29, 0.717) is 6.61 Å². The van der Waals surface area contributed by atoms with Gasteiger partial charge in [0.25, 0.3) is 0 Å². The van der Waals surface area contributed by atoms with Crippen LogP contribution in [-0.2, 0) is 19.1 Å². The number of nitrogens with zero attached hydrogens (tertiary/aromatic N) is 7. The number of hydrogen-bond acceptors (Lipinski definition) is 12. The van der Waals surface area contributed by atoms with Crippen LogP contribution < -0.4 is 15.5 Å². The van der Waals surface area contributed by atoms with Crippen molar-refractivity contribution in [2.75, 3.05) is 31.2 Å². The number of ether oxygens (including phenoxy) is 1. The Kier molecular flexibility index (Phi) is 15.1. The van der Waals surface area contributed by atoms with E-state index in [2.05, 4.69) is 73.0 Å². The first-order valence-electron chi connectivity index (χ1n) is 22.5. The fraction of sp³-hybridized carbons (Fsp3) is 0.420. The predicted molar refractivity (Wildman–Crippen MR) is 256 cm³/mol. The second kappa shape index (κ2) is 20.9. The van der Waals surface area contributed by atoms with Crippen molar-refractivity contribution in [3.05, 3.63) is 113 Å². The number of rotatable bonds is 18. The van der Waals surface area contributed by atoms with Gasteiger partial charge in [0.2, 0.25) is 17.7 Å². The highest BCUT2D eigenvalue weighted by atomic mass is 32.1. The Hall–Kier alpha value is -6.23. The van der Waals surface area contributed by atoms with E-state index in [1.807, 2.05) is 90.4 Å². The van der Waals surface area contributed by atoms with E-state index in [0.717, 1.165) is 92.7 Å². The Morgan fingerprint density at radius 3 is 2.35 bits per heavy atom. The van der Waals surface area contributed by atoms with E-state index in [1.165, 1.54) is 11.2 Å². The van der Waals surface area contributed by atoms with E-state index in [-0.39, 0.29) is 31.5 Å². The summed E-state index contributed by atoms with van der Waals surface area (Å²) in [6, 6.07) is 20.4. The van der Waals surface area contributed by atoms with Gasteiger partial charge < -0.3 is 34.8 Å². The quantitative estimate of drug-likeness (QED) is 0.0712. The smallest absolute Gasteiger partial charge is 0.246 e. The Morgan fingerprint density at radius 1 is 0.955 bits per heavy atom. The number of aliphatic hydroxyl groups is 1. The number of likely N-dealkylation sites (tertiary alicyclic amines) is 1. The second-order valence-electron chi connectivity index (χ2n) is 18.2. The van der Waals surface area contributed by atoms with Gasteiger partial charge in [0, 0.05) is 43.1 Å². The first kappa shape index (κ1) is 47.7. The minimum absolute atomic E-state index is 0.00884. The van der Waals surface area contributed by atoms with Gasteiger partial charge in [-0.25, -0.2) is 14.6 Å². The molecule has 3 amide bonds. The second-order valence-corrected chi connectivity index (χ2v) is 19.1. The number of aryl methyl sites for hydroxylation is 4. The number of hydrogen-bond donors (Lipinski definition) is 3. The molecule has 0 saturated carbocycles. The molecular formula is C50H61N9O6S. The summed E-state index contributed by atoms with van der Waals surface area (Å²) in [4.78, 5) is 54.5. The Labute approximate surface area is 390 Å². The third-order valence-corrected chi connectivity index (χ3v) is 13.1. The van der Waals surface area contributed by atoms with Crippen LogP contribution in [0.5, 0.6) is 0 Å². The summed E-state index contributed by atoms with van der Waals surface area (Å²) < 4.78 is 13.1. The van der Waals surface area contributed by atoms with Crippen molar-refractivity contribution in [2.45, 2.75) is 105 Å². The molecule has 6 aromatic rings. The Bertz CT molecular complexity index is 2560. The van der Waals surface area contributed by atoms with Gasteiger partial charge in [0.05, 0.1) is 39.6 Å². The number of β-amino-alcohol motifs (C(OH)–C–C–N with tert-alkyl or cyclic N) is 1. The van der Waals surface area contributed by atoms with Crippen molar-refractivity contribution in [2.24, 2.45) is 5.41 Å². The number of unbranched alkanes of at least 4 members (excludes halogenated alkanes) is 2. The van der Waals surface area contributed by atoms with Crippen LogP contribution in [-0.4, -0.2) is 97.1 Å². The normalized spacial score (nSPS) is 16.0. The molecule has 15 nitrogen and oxygen atoms in total. The van der Waals surface area contributed by atoms with E-state index in [9.17, 15) is 19.5 Å². The van der Waals surface area contributed by atoms with Crippen molar-refractivity contribution in [3.63, 3.8) is 0 Å². The molecule has 16 heteroatoms. The molecule has 0 unspecified atom stereocenters. The molecule has 1 aliphatic heterocycles. The van der Waals surface area contributed by atoms with Crippen LogP contribution in [0, 0.1) is 33.1 Å². The molecule has 1 aliphatic rings. The molecule has 4 heterocycles. The van der Waals surface area contributed by atoms with Crippen LogP contribution in [0.15, 0.2) is 89.4 Å². The van der Waals surface area contributed by atoms with Crippen LogP contribution in [0.2, 0.25) is 0 Å². The molecule has 3 N–H and O–H groups in total. The number of thiazole rings is 1. The van der Waals surface area contributed by atoms with Gasteiger partial charge in [-0.05, 0) is 112 Å². The zero-order valence-electron chi connectivity index (χ0n) is 39.1. The number of carbonyl (C=O) groups is 3. The first-order valence-corrected chi connectivity index (χ1v) is 23.4. The number of aromatic nitrogens is 5. The third kappa shape index (κ3) is 11.2. The lowest BCUT2D eigenvalue weighted by Crippen LogP contribution is -2.58. The number of aliphatic hydroxyl groups excluding tert-OH is 1. The lowest BCUT2D eigenvalue weighted by Gasteiger charge is -2.35. The summed E-state index contributed by atoms with van der Waals surface area (Å²) in [6.07, 6.45) is 4.83. The molecule has 4 atom stereocenters. The maximum absolute atomic E-state index is 14.2. The van der Waals surface area contributed by atoms with Crippen LogP contribution in [0.1, 0.15) is 87.7 Å². The Balaban J connectivity index is 0.921. The SMILES string of the molecule is Cc1ccc(-c2c(C)noc2C)cc1N(CCCCCOCC(=O)N[C@H](C(=O)N1C[C@H](O)C[C@H]1C(=O)N[C@@H](C)c1ccc(-c2scnc2C)cc1)C(C)(C)C)c1ccc(-n2cncn2)cc1. The topological polar surface area (TPSA) is 181 Å². The summed E-state index contributed by atoms with van der Waals surface area (Å²) in [7, 11) is 0. The highest BCUT2D eigenvalue weighted by Gasteiger charge is 2.44. The van der Waals surface area contributed by atoms with Gasteiger partial charge in [-0.3, -0.25) is 14.4 Å². The molecule has 1 fully saturated rings. The van der Waals surface area contributed by atoms with Crippen molar-refractivity contribution in [1.29, 1.82) is 0 Å². The summed E-state index contributed by atoms with van der Waals surface area (Å²) in [5.74, 6) is -0.438. The standard InChI is InChI=1S/C50H61N9O6S/c1-31-12-13-38(45-33(3)56-65-35(45)5)24-42(31)57(39-18-20-40(21-19-39)59-29-51-28-53-59)22-10-9-11-23-64-27-44(61)55-47(50(6,7)8)49(63)58-26-41(60)25-43(58)48(62)54-32(2)36-14-16-37(17-15-36)46-34(4)52-30-66-46/h12-21,24,28-30,32,41,43,47,60H,9-11,22-23,25-27H2,1-8H3,(H,54,62)(H,55,61)/t32-,41+,43-,47+/m0/s1. The van der Waals surface area contributed by atoms with Crippen LogP contribution in [0.4, 0.5) is 11.4 Å². The fourth-order valence-corrected chi connectivity index (χ4v) is 9.31. The van der Waals surface area contributed by atoms with Crippen LogP contribution in [0.25, 0.3) is 27.3 Å². The zero-order chi connectivity index (χ0) is 47.1. The average Bonchev–Trinajstić information content (AvgIpc) is 4.13. The summed E-state index contributed by atoms with van der Waals surface area (Å²) in [5.41, 5.74) is 11.1. The molecule has 0 aliphatic carbocycles. The first-order chi connectivity index (χ1) is 31.6. The molecule has 66 heavy (non-hydrogen) atoms. The molecule has 3 aromatic heterocycles. The maximum atomic E-state index is 14.2. The predicted octanol–water partition coefficient (Wildman–Crippen LogP) is 7.97. The molecule has 1 saturated heterocycles. The molecule has 7 rings (SSSR count). The minimum Gasteiger partial charge on any atom is -0.391 e. The highest BCUT2D eigenvalue weighted by Crippen LogP contribution is 2.36. The van der Waals surface area contributed by atoms with Gasteiger partial charge in [-0.1, -0.05) is 62.3 Å². The van der Waals surface area contributed by atoms with Gasteiger partial charge in [0.1, 0.15) is 37.1 Å². The lowest BCUT2D eigenvalue weighted by atomic mass is 9.85. The third-order valence-electron chi connectivity index (χ3n) is 12.1. The lowest BCUT2D eigenvalue weighted by molar-refractivity contribution is -0.144. The number of benzene rings is 3. The van der Waals surface area contributed by atoms with Crippen molar-refractivity contribution >= 4 is 40.4 Å². The van der Waals surface area contributed by atoms with E-state index in [1.54, 1.807) is 22.3 Å². The highest BCUT2D eigenvalue weighted by molar-refractivity contribution is 7.13.